The van der Waals surface area contributed by atoms with E-state index in [1.165, 1.54) is 11.0 Å². The van der Waals surface area contributed by atoms with Crippen LogP contribution in [0.15, 0.2) is 22.7 Å². The summed E-state index contributed by atoms with van der Waals surface area (Å²) in [5.41, 5.74) is 0.386. The Kier molecular flexibility index (Phi) is 4.66. The zero-order valence-electron chi connectivity index (χ0n) is 10.4. The molecule has 0 bridgehead atoms. The second-order valence-corrected chi connectivity index (χ2v) is 4.95. The molecule has 98 valence electrons. The number of likely N-dealkylation sites (N-methyl/N-ethyl adjacent to an activating group) is 2. The highest BCUT2D eigenvalue weighted by molar-refractivity contribution is 9.10. The van der Waals surface area contributed by atoms with Crippen molar-refractivity contribution in [3.8, 4) is 0 Å². The van der Waals surface area contributed by atoms with Gasteiger partial charge in [-0.05, 0) is 12.1 Å². The van der Waals surface area contributed by atoms with E-state index >= 15 is 0 Å². The topological polar surface area (TPSA) is 66.7 Å². The molecular weight excluding hydrogens is 302 g/mol. The van der Waals surface area contributed by atoms with Crippen molar-refractivity contribution in [2.45, 2.75) is 0 Å². The van der Waals surface area contributed by atoms with Crippen LogP contribution in [0.5, 0.6) is 0 Å². The lowest BCUT2D eigenvalue weighted by Crippen LogP contribution is -2.34. The van der Waals surface area contributed by atoms with E-state index in [2.05, 4.69) is 15.9 Å². The molecule has 0 aliphatic rings. The molecule has 1 rings (SSSR count). The molecule has 0 N–H and O–H groups in total. The van der Waals surface area contributed by atoms with Crippen LogP contribution >= 0.6 is 15.9 Å². The van der Waals surface area contributed by atoms with Gasteiger partial charge in [0, 0.05) is 31.7 Å². The molecule has 1 aromatic carbocycles. The zero-order chi connectivity index (χ0) is 13.9. The van der Waals surface area contributed by atoms with Gasteiger partial charge in [0.25, 0.3) is 5.69 Å². The Labute approximate surface area is 113 Å². The number of carbonyl (C=O) groups excluding carboxylic acids is 1. The van der Waals surface area contributed by atoms with Crippen LogP contribution in [0, 0.1) is 10.1 Å². The Hall–Kier alpha value is -1.63. The van der Waals surface area contributed by atoms with Gasteiger partial charge in [0.15, 0.2) is 0 Å². The van der Waals surface area contributed by atoms with E-state index in [1.54, 1.807) is 38.2 Å². The maximum atomic E-state index is 11.6. The number of amides is 1. The molecule has 0 spiro atoms. The molecule has 0 radical (unpaired) electrons. The Morgan fingerprint density at radius 2 is 2.00 bits per heavy atom. The summed E-state index contributed by atoms with van der Waals surface area (Å²) in [5.74, 6) is -0.116. The fraction of sp³-hybridized carbons (Fsp3) is 0.364. The van der Waals surface area contributed by atoms with Gasteiger partial charge in [0.05, 0.1) is 11.5 Å². The predicted molar refractivity (Wildman–Crippen MR) is 72.8 cm³/mol. The molecule has 18 heavy (non-hydrogen) atoms. The maximum absolute atomic E-state index is 11.6. The second-order valence-electron chi connectivity index (χ2n) is 4.03. The van der Waals surface area contributed by atoms with E-state index in [1.807, 2.05) is 0 Å². The van der Waals surface area contributed by atoms with E-state index in [-0.39, 0.29) is 18.1 Å². The fourth-order valence-corrected chi connectivity index (χ4v) is 1.74. The van der Waals surface area contributed by atoms with Crippen molar-refractivity contribution in [2.24, 2.45) is 0 Å². The van der Waals surface area contributed by atoms with Crippen molar-refractivity contribution in [1.29, 1.82) is 0 Å². The highest BCUT2D eigenvalue weighted by Gasteiger charge is 2.19. The third kappa shape index (κ3) is 3.43. The minimum atomic E-state index is -0.462. The molecule has 0 unspecified atom stereocenters. The Bertz CT molecular complexity index is 477. The van der Waals surface area contributed by atoms with Gasteiger partial charge in [-0.2, -0.15) is 0 Å². The van der Waals surface area contributed by atoms with Crippen molar-refractivity contribution in [2.75, 3.05) is 32.6 Å². The Balaban J connectivity index is 3.02. The smallest absolute Gasteiger partial charge is 0.293 e. The minimum Gasteiger partial charge on any atom is -0.360 e. The monoisotopic (exact) mass is 315 g/mol. The van der Waals surface area contributed by atoms with Crippen LogP contribution in [0.25, 0.3) is 0 Å². The highest BCUT2D eigenvalue weighted by atomic mass is 79.9. The number of benzene rings is 1. The summed E-state index contributed by atoms with van der Waals surface area (Å²) in [7, 11) is 4.94. The van der Waals surface area contributed by atoms with Crippen LogP contribution < -0.4 is 4.90 Å². The van der Waals surface area contributed by atoms with Crippen LogP contribution in [0.1, 0.15) is 0 Å². The average molecular weight is 316 g/mol. The Morgan fingerprint density at radius 3 is 2.50 bits per heavy atom. The third-order valence-electron chi connectivity index (χ3n) is 2.42. The molecule has 6 nitrogen and oxygen atoms in total. The number of carbonyl (C=O) groups is 1. The molecule has 0 fully saturated rings. The number of hydrogen-bond acceptors (Lipinski definition) is 4. The lowest BCUT2D eigenvalue weighted by Gasteiger charge is -2.20. The summed E-state index contributed by atoms with van der Waals surface area (Å²) in [6.07, 6.45) is 0. The standard InChI is InChI=1S/C11H14BrN3O3/c1-13(2)11(16)7-14(3)9-5-4-8(12)6-10(9)15(17)18/h4-6H,7H2,1-3H3. The number of nitrogens with zero attached hydrogens (tertiary/aromatic N) is 3. The zero-order valence-corrected chi connectivity index (χ0v) is 12.0. The van der Waals surface area contributed by atoms with E-state index in [0.717, 1.165) is 0 Å². The van der Waals surface area contributed by atoms with E-state index in [0.29, 0.717) is 10.2 Å². The fourth-order valence-electron chi connectivity index (χ4n) is 1.40. The summed E-state index contributed by atoms with van der Waals surface area (Å²) >= 11 is 3.19. The van der Waals surface area contributed by atoms with E-state index < -0.39 is 4.92 Å². The number of nitro groups is 1. The first kappa shape index (κ1) is 14.4. The largest absolute Gasteiger partial charge is 0.360 e. The van der Waals surface area contributed by atoms with Crippen molar-refractivity contribution in [3.63, 3.8) is 0 Å². The molecule has 0 atom stereocenters. The molecule has 0 aliphatic heterocycles. The molecule has 0 saturated carbocycles. The lowest BCUT2D eigenvalue weighted by molar-refractivity contribution is -0.384. The van der Waals surface area contributed by atoms with Crippen LogP contribution in [0.4, 0.5) is 11.4 Å². The average Bonchev–Trinajstić information content (AvgIpc) is 2.28. The normalized spacial score (nSPS) is 10.0. The van der Waals surface area contributed by atoms with Crippen LogP contribution in [0.2, 0.25) is 0 Å². The lowest BCUT2D eigenvalue weighted by atomic mass is 10.2. The van der Waals surface area contributed by atoms with Gasteiger partial charge >= 0.3 is 0 Å². The van der Waals surface area contributed by atoms with Crippen LogP contribution in [0.3, 0.4) is 0 Å². The molecule has 0 aromatic heterocycles. The molecule has 0 aliphatic carbocycles. The number of halogens is 1. The van der Waals surface area contributed by atoms with Crippen molar-refractivity contribution < 1.29 is 9.72 Å². The number of anilines is 1. The first-order valence-corrected chi connectivity index (χ1v) is 5.97. The molecule has 0 heterocycles. The maximum Gasteiger partial charge on any atom is 0.293 e. The van der Waals surface area contributed by atoms with Crippen LogP contribution in [-0.4, -0.2) is 43.4 Å². The number of hydrogen-bond donors (Lipinski definition) is 0. The summed E-state index contributed by atoms with van der Waals surface area (Å²) in [4.78, 5) is 25.1. The van der Waals surface area contributed by atoms with Gasteiger partial charge in [-0.25, -0.2) is 0 Å². The van der Waals surface area contributed by atoms with Gasteiger partial charge in [0.1, 0.15) is 5.69 Å². The van der Waals surface area contributed by atoms with Crippen LogP contribution in [-0.2, 0) is 4.79 Å². The molecule has 7 heteroatoms. The van der Waals surface area contributed by atoms with E-state index in [9.17, 15) is 14.9 Å². The number of rotatable bonds is 4. The van der Waals surface area contributed by atoms with Gasteiger partial charge in [-0.15, -0.1) is 0 Å². The second kappa shape index (κ2) is 5.81. The predicted octanol–water partition coefficient (Wildman–Crippen LogP) is 1.88. The number of nitro benzene ring substituents is 1. The van der Waals surface area contributed by atoms with Gasteiger partial charge in [-0.3, -0.25) is 14.9 Å². The summed E-state index contributed by atoms with van der Waals surface area (Å²) in [6, 6.07) is 4.75. The minimum absolute atomic E-state index is 0.0292. The van der Waals surface area contributed by atoms with Gasteiger partial charge < -0.3 is 9.80 Å². The SMILES string of the molecule is CN(C)C(=O)CN(C)c1ccc(Br)cc1[N+](=O)[O-]. The summed E-state index contributed by atoms with van der Waals surface area (Å²) < 4.78 is 0.630. The van der Waals surface area contributed by atoms with Gasteiger partial charge in [-0.1, -0.05) is 15.9 Å². The first-order valence-electron chi connectivity index (χ1n) is 5.18. The third-order valence-corrected chi connectivity index (χ3v) is 2.91. The molecule has 0 saturated heterocycles. The van der Waals surface area contributed by atoms with Gasteiger partial charge in [0.2, 0.25) is 5.91 Å². The van der Waals surface area contributed by atoms with E-state index in [4.69, 9.17) is 0 Å². The molecule has 1 aromatic rings. The molecular formula is C11H14BrN3O3. The van der Waals surface area contributed by atoms with Crippen molar-refractivity contribution in [3.05, 3.63) is 32.8 Å². The van der Waals surface area contributed by atoms with Crippen molar-refractivity contribution in [1.82, 2.24) is 4.90 Å². The molecule has 1 amide bonds. The van der Waals surface area contributed by atoms with Crippen molar-refractivity contribution >= 4 is 33.2 Å². The summed E-state index contributed by atoms with van der Waals surface area (Å²) in [6.45, 7) is 0.0927. The quantitative estimate of drug-likeness (QED) is 0.628. The highest BCUT2D eigenvalue weighted by Crippen LogP contribution is 2.30. The first-order chi connectivity index (χ1) is 8.32. The Morgan fingerprint density at radius 1 is 1.39 bits per heavy atom. The summed E-state index contributed by atoms with van der Waals surface area (Å²) in [5, 5.41) is 11.0.